The molecule has 30 heavy (non-hydrogen) atoms. The van der Waals surface area contributed by atoms with Gasteiger partial charge in [-0.2, -0.15) is 0 Å². The Labute approximate surface area is 181 Å². The molecule has 1 aliphatic heterocycles. The van der Waals surface area contributed by atoms with Crippen LogP contribution in [0.5, 0.6) is 0 Å². The Balaban J connectivity index is 1.56. The number of benzene rings is 2. The van der Waals surface area contributed by atoms with Crippen LogP contribution in [-0.2, 0) is 4.79 Å². The molecular weight excluding hydrogens is 394 g/mol. The van der Waals surface area contributed by atoms with E-state index in [1.807, 2.05) is 56.3 Å². The average molecular weight is 422 g/mol. The van der Waals surface area contributed by atoms with Crippen LogP contribution in [0.2, 0.25) is 0 Å². The van der Waals surface area contributed by atoms with E-state index in [2.05, 4.69) is 37.1 Å². The molecule has 3 aromatic rings. The number of rotatable bonds is 6. The molecule has 156 valence electrons. The number of nitrogens with one attached hydrogen (secondary N) is 1. The first-order chi connectivity index (χ1) is 14.6. The van der Waals surface area contributed by atoms with Gasteiger partial charge in [0.25, 0.3) is 0 Å². The Hall–Kier alpha value is -2.80. The number of aromatic nitrogens is 3. The zero-order valence-electron chi connectivity index (χ0n) is 17.4. The molecular formula is C23H27N5OS. The van der Waals surface area contributed by atoms with E-state index in [9.17, 15) is 4.79 Å². The maximum Gasteiger partial charge on any atom is 0.237 e. The maximum atomic E-state index is 12.8. The molecule has 6 nitrogen and oxygen atoms in total. The first kappa shape index (κ1) is 20.5. The van der Waals surface area contributed by atoms with Crippen molar-refractivity contribution in [1.29, 1.82) is 0 Å². The van der Waals surface area contributed by atoms with Crippen LogP contribution < -0.4 is 10.2 Å². The Morgan fingerprint density at radius 2 is 1.70 bits per heavy atom. The Morgan fingerprint density at radius 1 is 1.00 bits per heavy atom. The summed E-state index contributed by atoms with van der Waals surface area (Å²) in [7, 11) is 0. The molecule has 2 heterocycles. The molecule has 0 saturated carbocycles. The third-order valence-electron chi connectivity index (χ3n) is 5.24. The topological polar surface area (TPSA) is 63.1 Å². The zero-order chi connectivity index (χ0) is 20.9. The molecule has 7 heteroatoms. The van der Waals surface area contributed by atoms with Gasteiger partial charge in [-0.25, -0.2) is 0 Å². The molecule has 1 N–H and O–H groups in total. The van der Waals surface area contributed by atoms with Gasteiger partial charge in [0.05, 0.1) is 10.9 Å². The van der Waals surface area contributed by atoms with Gasteiger partial charge in [-0.15, -0.1) is 10.2 Å². The highest BCUT2D eigenvalue weighted by Crippen LogP contribution is 2.30. The van der Waals surface area contributed by atoms with Crippen LogP contribution in [0.25, 0.3) is 5.69 Å². The summed E-state index contributed by atoms with van der Waals surface area (Å²) in [5, 5.41) is 12.4. The summed E-state index contributed by atoms with van der Waals surface area (Å²) in [4.78, 5) is 15.1. The number of piperidine rings is 1. The third-order valence-corrected chi connectivity index (χ3v) is 6.28. The summed E-state index contributed by atoms with van der Waals surface area (Å²) >= 11 is 1.43. The predicted octanol–water partition coefficient (Wildman–Crippen LogP) is 4.69. The van der Waals surface area contributed by atoms with Gasteiger partial charge in [0.2, 0.25) is 11.9 Å². The van der Waals surface area contributed by atoms with Crippen LogP contribution >= 0.6 is 11.8 Å². The van der Waals surface area contributed by atoms with Crippen molar-refractivity contribution in [2.75, 3.05) is 23.3 Å². The van der Waals surface area contributed by atoms with Crippen LogP contribution in [0.15, 0.2) is 59.8 Å². The van der Waals surface area contributed by atoms with Gasteiger partial charge in [0, 0.05) is 18.8 Å². The molecule has 1 amide bonds. The number of hydrogen-bond acceptors (Lipinski definition) is 5. The van der Waals surface area contributed by atoms with Crippen LogP contribution in [-0.4, -0.2) is 39.0 Å². The van der Waals surface area contributed by atoms with Gasteiger partial charge in [-0.3, -0.25) is 9.36 Å². The van der Waals surface area contributed by atoms with Crippen LogP contribution in [0.1, 0.15) is 31.7 Å². The molecule has 0 bridgehead atoms. The molecule has 0 spiro atoms. The monoisotopic (exact) mass is 421 g/mol. The molecule has 2 aromatic carbocycles. The summed E-state index contributed by atoms with van der Waals surface area (Å²) in [6.45, 7) is 5.90. The van der Waals surface area contributed by atoms with Crippen molar-refractivity contribution in [3.05, 3.63) is 60.2 Å². The van der Waals surface area contributed by atoms with Gasteiger partial charge in [0.15, 0.2) is 5.16 Å². The van der Waals surface area contributed by atoms with Crippen molar-refractivity contribution >= 4 is 29.3 Å². The number of anilines is 2. The number of thioether (sulfide) groups is 1. The lowest BCUT2D eigenvalue weighted by atomic mass is 10.1. The molecule has 0 aliphatic carbocycles. The Bertz CT molecular complexity index is 981. The van der Waals surface area contributed by atoms with Gasteiger partial charge >= 0.3 is 0 Å². The second-order valence-electron chi connectivity index (χ2n) is 7.62. The van der Waals surface area contributed by atoms with E-state index in [1.54, 1.807) is 0 Å². The number of para-hydroxylation sites is 1. The number of carbonyl (C=O) groups is 1. The highest BCUT2D eigenvalue weighted by Gasteiger charge is 2.24. The Kier molecular flexibility index (Phi) is 6.38. The predicted molar refractivity (Wildman–Crippen MR) is 123 cm³/mol. The first-order valence-electron chi connectivity index (χ1n) is 10.4. The van der Waals surface area contributed by atoms with Crippen molar-refractivity contribution in [3.63, 3.8) is 0 Å². The van der Waals surface area contributed by atoms with E-state index in [1.165, 1.54) is 31.0 Å². The van der Waals surface area contributed by atoms with Gasteiger partial charge in [-0.1, -0.05) is 47.7 Å². The second-order valence-corrected chi connectivity index (χ2v) is 8.92. The summed E-state index contributed by atoms with van der Waals surface area (Å²) in [5.74, 6) is 0.806. The van der Waals surface area contributed by atoms with Crippen molar-refractivity contribution < 1.29 is 4.79 Å². The molecule has 1 saturated heterocycles. The molecule has 1 unspecified atom stereocenters. The van der Waals surface area contributed by atoms with Crippen LogP contribution in [0.3, 0.4) is 0 Å². The fourth-order valence-corrected chi connectivity index (χ4v) is 4.40. The van der Waals surface area contributed by atoms with Crippen molar-refractivity contribution in [1.82, 2.24) is 14.8 Å². The standard InChI is InChI=1S/C23H27N5OS/c1-17-11-13-19(14-12-17)24-21(29)18(2)30-23-26-25-22(27-15-7-4-8-16-27)28(23)20-9-5-3-6-10-20/h3,5-6,9-14,18H,4,7-8,15-16H2,1-2H3,(H,24,29). The Morgan fingerprint density at radius 3 is 2.40 bits per heavy atom. The smallest absolute Gasteiger partial charge is 0.237 e. The fraction of sp³-hybridized carbons (Fsp3) is 0.348. The van der Waals surface area contributed by atoms with Gasteiger partial charge < -0.3 is 10.2 Å². The minimum atomic E-state index is -0.313. The van der Waals surface area contributed by atoms with Crippen LogP contribution in [0, 0.1) is 6.92 Å². The number of aryl methyl sites for hydroxylation is 1. The highest BCUT2D eigenvalue weighted by molar-refractivity contribution is 8.00. The lowest BCUT2D eigenvalue weighted by molar-refractivity contribution is -0.115. The summed E-state index contributed by atoms with van der Waals surface area (Å²) in [6, 6.07) is 18.0. The highest BCUT2D eigenvalue weighted by atomic mass is 32.2. The molecule has 1 aromatic heterocycles. The molecule has 4 rings (SSSR count). The summed E-state index contributed by atoms with van der Waals surface area (Å²) in [6.07, 6.45) is 3.59. The maximum absolute atomic E-state index is 12.8. The minimum Gasteiger partial charge on any atom is -0.341 e. The van der Waals surface area contributed by atoms with E-state index in [-0.39, 0.29) is 11.2 Å². The van der Waals surface area contributed by atoms with Crippen molar-refractivity contribution in [2.45, 2.75) is 43.5 Å². The van der Waals surface area contributed by atoms with Gasteiger partial charge in [0.1, 0.15) is 0 Å². The molecule has 1 aliphatic rings. The first-order valence-corrected chi connectivity index (χ1v) is 11.3. The molecule has 1 fully saturated rings. The van der Waals surface area contributed by atoms with E-state index in [4.69, 9.17) is 0 Å². The average Bonchev–Trinajstić information content (AvgIpc) is 3.20. The van der Waals surface area contributed by atoms with Crippen LogP contribution in [0.4, 0.5) is 11.6 Å². The number of nitrogens with zero attached hydrogens (tertiary/aromatic N) is 4. The van der Waals surface area contributed by atoms with Crippen molar-refractivity contribution in [3.8, 4) is 5.69 Å². The minimum absolute atomic E-state index is 0.0500. The second kappa shape index (κ2) is 9.34. The van der Waals surface area contributed by atoms with E-state index in [0.29, 0.717) is 0 Å². The van der Waals surface area contributed by atoms with E-state index < -0.39 is 0 Å². The third kappa shape index (κ3) is 4.67. The number of carbonyl (C=O) groups excluding carboxylic acids is 1. The lowest BCUT2D eigenvalue weighted by Gasteiger charge is -2.28. The normalized spacial score (nSPS) is 15.1. The largest absolute Gasteiger partial charge is 0.341 e. The SMILES string of the molecule is Cc1ccc(NC(=O)C(C)Sc2nnc(N3CCCCC3)n2-c2ccccc2)cc1. The summed E-state index contributed by atoms with van der Waals surface area (Å²) < 4.78 is 2.08. The number of amides is 1. The van der Waals surface area contributed by atoms with Crippen molar-refractivity contribution in [2.24, 2.45) is 0 Å². The fourth-order valence-electron chi connectivity index (χ4n) is 3.53. The van der Waals surface area contributed by atoms with E-state index in [0.717, 1.165) is 41.1 Å². The molecule has 1 atom stereocenters. The summed E-state index contributed by atoms with van der Waals surface area (Å²) in [5.41, 5.74) is 2.98. The van der Waals surface area contributed by atoms with Gasteiger partial charge in [-0.05, 0) is 57.4 Å². The lowest BCUT2D eigenvalue weighted by Crippen LogP contribution is -2.31. The zero-order valence-corrected chi connectivity index (χ0v) is 18.2. The molecule has 0 radical (unpaired) electrons. The number of hydrogen-bond donors (Lipinski definition) is 1. The quantitative estimate of drug-likeness (QED) is 0.585. The van der Waals surface area contributed by atoms with E-state index >= 15 is 0 Å².